The first-order valence-corrected chi connectivity index (χ1v) is 11.7. The molecule has 0 unspecified atom stereocenters. The Kier molecular flexibility index (Phi) is 5.19. The fraction of sp³-hybridized carbons (Fsp3) is 0.188. The molecule has 1 N–H and O–H groups in total. The minimum absolute atomic E-state index is 0.0366. The van der Waals surface area contributed by atoms with E-state index in [1.165, 1.54) is 18.2 Å². The van der Waals surface area contributed by atoms with Crippen LogP contribution in [0.5, 0.6) is 0 Å². The number of benzene rings is 2. The van der Waals surface area contributed by atoms with Crippen molar-refractivity contribution in [3.8, 4) is 0 Å². The number of sulfonamides is 1. The highest BCUT2D eigenvalue weighted by molar-refractivity contribution is 7.93. The van der Waals surface area contributed by atoms with Gasteiger partial charge in [0.05, 0.1) is 21.7 Å². The van der Waals surface area contributed by atoms with Gasteiger partial charge in [-0.2, -0.15) is 0 Å². The monoisotopic (exact) mass is 432 g/mol. The molecule has 0 fully saturated rings. The quantitative estimate of drug-likeness (QED) is 0.643. The van der Waals surface area contributed by atoms with Crippen molar-refractivity contribution in [2.75, 3.05) is 10.5 Å². The first kappa shape index (κ1) is 19.6. The molecule has 0 amide bonds. The Hall–Kier alpha value is -2.11. The number of hydrogen-bond donors (Lipinski definition) is 1. The molecular weight excluding hydrogens is 418 g/mol. The van der Waals surface area contributed by atoms with Crippen LogP contribution < -0.4 is 4.72 Å². The topological polar surface area (TPSA) is 93.2 Å². The van der Waals surface area contributed by atoms with Crippen molar-refractivity contribution >= 4 is 47.1 Å². The molecule has 3 rings (SSSR count). The third kappa shape index (κ3) is 4.09. The second-order valence-electron chi connectivity index (χ2n) is 5.66. The lowest BCUT2D eigenvalue weighted by atomic mass is 10.3. The molecule has 1 aromatic heterocycles. The number of fused-ring (bicyclic) bond motifs is 1. The number of nitrogens with zero attached hydrogens (tertiary/aromatic N) is 1. The molecule has 6 nitrogen and oxygen atoms in total. The zero-order chi connectivity index (χ0) is 19.8. The Morgan fingerprint density at radius 1 is 1.07 bits per heavy atom. The fourth-order valence-electron chi connectivity index (χ4n) is 2.35. The van der Waals surface area contributed by atoms with E-state index in [2.05, 4.69) is 9.71 Å². The molecule has 0 aliphatic heterocycles. The normalized spacial score (nSPS) is 12.4. The van der Waals surface area contributed by atoms with E-state index in [1.807, 2.05) is 0 Å². The van der Waals surface area contributed by atoms with Gasteiger partial charge in [-0.1, -0.05) is 6.92 Å². The van der Waals surface area contributed by atoms with Crippen LogP contribution in [0.4, 0.5) is 14.5 Å². The third-order valence-corrected chi connectivity index (χ3v) is 8.33. The van der Waals surface area contributed by atoms with Crippen LogP contribution in [0.25, 0.3) is 10.2 Å². The molecule has 144 valence electrons. The highest BCUT2D eigenvalue weighted by atomic mass is 32.2. The van der Waals surface area contributed by atoms with E-state index in [0.717, 1.165) is 23.5 Å². The second kappa shape index (κ2) is 7.13. The predicted octanol–water partition coefficient (Wildman–Crippen LogP) is 3.56. The molecule has 0 aliphatic rings. The summed E-state index contributed by atoms with van der Waals surface area (Å²) in [5.41, 5.74) is 0.476. The summed E-state index contributed by atoms with van der Waals surface area (Å²) in [5.74, 6) is -2.01. The maximum atomic E-state index is 13.8. The number of hydrogen-bond acceptors (Lipinski definition) is 6. The summed E-state index contributed by atoms with van der Waals surface area (Å²) in [6, 6.07) is 6.34. The standard InChI is InChI=1S/C16H14F2N2O4S3/c1-2-7-26(21,22)16-19-13-6-4-11(9-14(13)25-16)20-27(23,24)15-8-10(17)3-5-12(15)18/h3-6,8-9,20H,2,7H2,1H3. The fourth-order valence-corrected chi connectivity index (χ4v) is 6.20. The number of anilines is 1. The van der Waals surface area contributed by atoms with Gasteiger partial charge in [0.15, 0.2) is 0 Å². The molecule has 11 heteroatoms. The molecule has 0 saturated carbocycles. The minimum Gasteiger partial charge on any atom is -0.279 e. The summed E-state index contributed by atoms with van der Waals surface area (Å²) in [4.78, 5) is 3.25. The van der Waals surface area contributed by atoms with Crippen molar-refractivity contribution in [1.29, 1.82) is 0 Å². The van der Waals surface area contributed by atoms with E-state index in [9.17, 15) is 25.6 Å². The van der Waals surface area contributed by atoms with Crippen LogP contribution in [-0.4, -0.2) is 27.6 Å². The Labute approximate surface area is 158 Å². The summed E-state index contributed by atoms with van der Waals surface area (Å²) in [5, 5.41) is 0. The van der Waals surface area contributed by atoms with E-state index >= 15 is 0 Å². The lowest BCUT2D eigenvalue weighted by Crippen LogP contribution is -2.14. The van der Waals surface area contributed by atoms with Crippen molar-refractivity contribution < 1.29 is 25.6 Å². The van der Waals surface area contributed by atoms with Crippen LogP contribution >= 0.6 is 11.3 Å². The van der Waals surface area contributed by atoms with E-state index < -0.39 is 36.4 Å². The van der Waals surface area contributed by atoms with E-state index in [-0.39, 0.29) is 15.8 Å². The first-order valence-electron chi connectivity index (χ1n) is 7.73. The van der Waals surface area contributed by atoms with Crippen LogP contribution in [-0.2, 0) is 19.9 Å². The maximum absolute atomic E-state index is 13.8. The number of thiazole rings is 1. The number of sulfone groups is 1. The molecule has 0 spiro atoms. The summed E-state index contributed by atoms with van der Waals surface area (Å²) in [6.45, 7) is 1.74. The van der Waals surface area contributed by atoms with Gasteiger partial charge in [0.2, 0.25) is 14.2 Å². The molecule has 3 aromatic rings. The van der Waals surface area contributed by atoms with Crippen LogP contribution in [0, 0.1) is 11.6 Å². The van der Waals surface area contributed by atoms with Crippen LogP contribution in [0.2, 0.25) is 0 Å². The highest BCUT2D eigenvalue weighted by Gasteiger charge is 2.22. The van der Waals surface area contributed by atoms with Gasteiger partial charge < -0.3 is 0 Å². The molecule has 0 saturated heterocycles. The third-order valence-electron chi connectivity index (χ3n) is 3.54. The van der Waals surface area contributed by atoms with Gasteiger partial charge in [-0.25, -0.2) is 30.6 Å². The Morgan fingerprint density at radius 3 is 2.52 bits per heavy atom. The lowest BCUT2D eigenvalue weighted by molar-refractivity contribution is 0.555. The molecule has 1 heterocycles. The van der Waals surface area contributed by atoms with Crippen LogP contribution in [0.3, 0.4) is 0 Å². The zero-order valence-corrected chi connectivity index (χ0v) is 16.4. The molecule has 0 radical (unpaired) electrons. The Morgan fingerprint density at radius 2 is 1.81 bits per heavy atom. The number of nitrogens with one attached hydrogen (secondary N) is 1. The van der Waals surface area contributed by atoms with Gasteiger partial charge in [-0.05, 0) is 42.8 Å². The number of aromatic nitrogens is 1. The average molecular weight is 432 g/mol. The molecular formula is C16H14F2N2O4S3. The highest BCUT2D eigenvalue weighted by Crippen LogP contribution is 2.30. The summed E-state index contributed by atoms with van der Waals surface area (Å²) in [7, 11) is -7.86. The van der Waals surface area contributed by atoms with Crippen molar-refractivity contribution in [2.24, 2.45) is 0 Å². The first-order chi connectivity index (χ1) is 12.6. The lowest BCUT2D eigenvalue weighted by Gasteiger charge is -2.09. The van der Waals surface area contributed by atoms with E-state index in [4.69, 9.17) is 0 Å². The van der Waals surface area contributed by atoms with Crippen LogP contribution in [0.1, 0.15) is 13.3 Å². The summed E-state index contributed by atoms with van der Waals surface area (Å²) < 4.78 is 78.5. The second-order valence-corrected chi connectivity index (χ2v) is 10.6. The van der Waals surface area contributed by atoms with Gasteiger partial charge >= 0.3 is 0 Å². The molecule has 0 bridgehead atoms. The molecule has 27 heavy (non-hydrogen) atoms. The molecule has 0 atom stereocenters. The molecule has 0 aliphatic carbocycles. The number of halogens is 2. The van der Waals surface area contributed by atoms with Crippen LogP contribution in [0.15, 0.2) is 45.6 Å². The van der Waals surface area contributed by atoms with Crippen molar-refractivity contribution in [3.05, 3.63) is 48.0 Å². The number of rotatable bonds is 6. The summed E-state index contributed by atoms with van der Waals surface area (Å²) >= 11 is 0.918. The maximum Gasteiger partial charge on any atom is 0.264 e. The van der Waals surface area contributed by atoms with Gasteiger partial charge in [-0.3, -0.25) is 4.72 Å². The van der Waals surface area contributed by atoms with E-state index in [1.54, 1.807) is 6.92 Å². The van der Waals surface area contributed by atoms with E-state index in [0.29, 0.717) is 22.7 Å². The van der Waals surface area contributed by atoms with Gasteiger partial charge in [0.1, 0.15) is 16.5 Å². The van der Waals surface area contributed by atoms with Crippen molar-refractivity contribution in [1.82, 2.24) is 4.98 Å². The predicted molar refractivity (Wildman–Crippen MR) is 99.1 cm³/mol. The van der Waals surface area contributed by atoms with Crippen molar-refractivity contribution in [2.45, 2.75) is 22.6 Å². The summed E-state index contributed by atoms with van der Waals surface area (Å²) in [6.07, 6.45) is 0.447. The van der Waals surface area contributed by atoms with Crippen molar-refractivity contribution in [3.63, 3.8) is 0 Å². The SMILES string of the molecule is CCCS(=O)(=O)c1nc2ccc(NS(=O)(=O)c3cc(F)ccc3F)cc2s1. The zero-order valence-electron chi connectivity index (χ0n) is 13.9. The smallest absolute Gasteiger partial charge is 0.264 e. The largest absolute Gasteiger partial charge is 0.279 e. The Bertz CT molecular complexity index is 1220. The van der Waals surface area contributed by atoms with Gasteiger partial charge in [0.25, 0.3) is 10.0 Å². The minimum atomic E-state index is -4.36. The Balaban J connectivity index is 1.97. The van der Waals surface area contributed by atoms with Gasteiger partial charge in [-0.15, -0.1) is 11.3 Å². The molecule has 2 aromatic carbocycles. The average Bonchev–Trinajstić information content (AvgIpc) is 3.01. The van der Waals surface area contributed by atoms with Gasteiger partial charge in [0, 0.05) is 0 Å².